The Bertz CT molecular complexity index is 1150. The molecule has 4 rings (SSSR count). The van der Waals surface area contributed by atoms with E-state index >= 15 is 0 Å². The van der Waals surface area contributed by atoms with E-state index in [0.29, 0.717) is 25.9 Å². The number of benzene rings is 3. The van der Waals surface area contributed by atoms with Gasteiger partial charge in [0.25, 0.3) is 0 Å². The number of sulfonamides is 1. The van der Waals surface area contributed by atoms with Crippen molar-refractivity contribution in [1.82, 2.24) is 4.31 Å². The first-order valence-electron chi connectivity index (χ1n) is 10.9. The fourth-order valence-electron chi connectivity index (χ4n) is 4.36. The van der Waals surface area contributed by atoms with Crippen LogP contribution in [-0.4, -0.2) is 37.5 Å². The minimum atomic E-state index is -3.27. The highest BCUT2D eigenvalue weighted by Gasteiger charge is 2.44. The Balaban J connectivity index is 1.57. The average Bonchev–Trinajstić information content (AvgIpc) is 2.85. The molecule has 1 aliphatic heterocycles. The highest BCUT2D eigenvalue weighted by Crippen LogP contribution is 2.37. The number of anilines is 1. The van der Waals surface area contributed by atoms with Crippen LogP contribution in [0.2, 0.25) is 0 Å². The first kappa shape index (κ1) is 22.2. The molecule has 3 aromatic rings. The fourth-order valence-corrected chi connectivity index (χ4v) is 5.46. The number of rotatable bonds is 6. The van der Waals surface area contributed by atoms with Gasteiger partial charge in [-0.15, -0.1) is 0 Å². The van der Waals surface area contributed by atoms with Gasteiger partial charge in [-0.3, -0.25) is 4.79 Å². The molecular formula is C26H28N2O3S. The fraction of sp³-hybridized carbons (Fsp3) is 0.269. The number of amides is 1. The minimum Gasteiger partial charge on any atom is -0.325 e. The summed E-state index contributed by atoms with van der Waals surface area (Å²) in [5.41, 5.74) is 3.09. The molecule has 0 bridgehead atoms. The Morgan fingerprint density at radius 2 is 1.38 bits per heavy atom. The van der Waals surface area contributed by atoms with Crippen molar-refractivity contribution in [2.45, 2.75) is 25.2 Å². The van der Waals surface area contributed by atoms with E-state index in [4.69, 9.17) is 0 Å². The number of nitrogens with zero attached hydrogens (tertiary/aromatic N) is 1. The molecule has 0 radical (unpaired) electrons. The third-order valence-electron chi connectivity index (χ3n) is 6.35. The number of piperidine rings is 1. The van der Waals surface area contributed by atoms with Crippen LogP contribution in [-0.2, 0) is 20.2 Å². The van der Waals surface area contributed by atoms with Crippen molar-refractivity contribution >= 4 is 21.6 Å². The molecule has 0 aliphatic carbocycles. The summed E-state index contributed by atoms with van der Waals surface area (Å²) in [7, 11) is -3.27. The van der Waals surface area contributed by atoms with Crippen LogP contribution in [0.5, 0.6) is 0 Å². The first-order valence-corrected chi connectivity index (χ1v) is 12.6. The summed E-state index contributed by atoms with van der Waals surface area (Å²) in [6.45, 7) is 2.33. The summed E-state index contributed by atoms with van der Waals surface area (Å²) in [6, 6.07) is 27.6. The molecule has 0 aromatic heterocycles. The van der Waals surface area contributed by atoms with Crippen LogP contribution in [0.15, 0.2) is 84.9 Å². The van der Waals surface area contributed by atoms with Gasteiger partial charge in [-0.2, -0.15) is 0 Å². The van der Waals surface area contributed by atoms with E-state index in [0.717, 1.165) is 22.4 Å². The molecule has 6 heteroatoms. The second-order valence-electron chi connectivity index (χ2n) is 8.15. The minimum absolute atomic E-state index is 0.0747. The van der Waals surface area contributed by atoms with E-state index in [1.807, 2.05) is 72.8 Å². The van der Waals surface area contributed by atoms with Crippen LogP contribution in [0.1, 0.15) is 25.3 Å². The maximum atomic E-state index is 13.6. The van der Waals surface area contributed by atoms with E-state index in [1.165, 1.54) is 4.31 Å². The van der Waals surface area contributed by atoms with E-state index < -0.39 is 15.4 Å². The molecule has 0 spiro atoms. The van der Waals surface area contributed by atoms with Gasteiger partial charge >= 0.3 is 0 Å². The third-order valence-corrected chi connectivity index (χ3v) is 8.23. The summed E-state index contributed by atoms with van der Waals surface area (Å²) in [6.07, 6.45) is 0.897. The molecular weight excluding hydrogens is 420 g/mol. The molecule has 3 aromatic carbocycles. The number of nitrogens with one attached hydrogen (secondary N) is 1. The topological polar surface area (TPSA) is 66.5 Å². The van der Waals surface area contributed by atoms with Crippen molar-refractivity contribution in [2.75, 3.05) is 24.2 Å². The molecule has 1 fully saturated rings. The second-order valence-corrected chi connectivity index (χ2v) is 10.4. The summed E-state index contributed by atoms with van der Waals surface area (Å²) in [5.74, 6) is -0.0182. The standard InChI is InChI=1S/C26H28N2O3S/c1-2-32(30,31)28-19-17-26(18-20-28,23-11-7-4-8-12-23)25(29)27-24-15-13-22(14-16-24)21-9-5-3-6-10-21/h3-16H,2,17-20H2,1H3,(H,27,29). The van der Waals surface area contributed by atoms with Crippen LogP contribution in [0.4, 0.5) is 5.69 Å². The van der Waals surface area contributed by atoms with Gasteiger partial charge in [-0.1, -0.05) is 72.8 Å². The molecule has 1 N–H and O–H groups in total. The van der Waals surface area contributed by atoms with Gasteiger partial charge in [0.1, 0.15) is 0 Å². The van der Waals surface area contributed by atoms with Crippen molar-refractivity contribution in [3.63, 3.8) is 0 Å². The zero-order valence-electron chi connectivity index (χ0n) is 18.2. The zero-order chi connectivity index (χ0) is 22.6. The third kappa shape index (κ3) is 4.47. The highest BCUT2D eigenvalue weighted by molar-refractivity contribution is 7.89. The van der Waals surface area contributed by atoms with Crippen molar-refractivity contribution < 1.29 is 13.2 Å². The van der Waals surface area contributed by atoms with E-state index in [2.05, 4.69) is 17.4 Å². The predicted octanol–water partition coefficient (Wildman–Crippen LogP) is 4.68. The van der Waals surface area contributed by atoms with Gasteiger partial charge in [0.15, 0.2) is 0 Å². The molecule has 166 valence electrons. The Hall–Kier alpha value is -2.96. The predicted molar refractivity (Wildman–Crippen MR) is 129 cm³/mol. The lowest BCUT2D eigenvalue weighted by Crippen LogP contribution is -2.51. The molecule has 1 aliphatic rings. The van der Waals surface area contributed by atoms with E-state index in [-0.39, 0.29) is 11.7 Å². The summed E-state index contributed by atoms with van der Waals surface area (Å²) in [5, 5.41) is 3.09. The first-order chi connectivity index (χ1) is 15.4. The van der Waals surface area contributed by atoms with Crippen LogP contribution < -0.4 is 5.32 Å². The summed E-state index contributed by atoms with van der Waals surface area (Å²) < 4.78 is 26.2. The lowest BCUT2D eigenvalue weighted by Gasteiger charge is -2.40. The molecule has 1 saturated heterocycles. The van der Waals surface area contributed by atoms with E-state index in [1.54, 1.807) is 6.92 Å². The monoisotopic (exact) mass is 448 g/mol. The smallest absolute Gasteiger partial charge is 0.235 e. The normalized spacial score (nSPS) is 16.4. The molecule has 1 amide bonds. The van der Waals surface area contributed by atoms with Crippen molar-refractivity contribution in [1.29, 1.82) is 0 Å². The quantitative estimate of drug-likeness (QED) is 0.596. The SMILES string of the molecule is CCS(=O)(=O)N1CCC(C(=O)Nc2ccc(-c3ccccc3)cc2)(c2ccccc2)CC1. The maximum absolute atomic E-state index is 13.6. The van der Waals surface area contributed by atoms with Crippen LogP contribution in [0, 0.1) is 0 Å². The molecule has 0 saturated carbocycles. The van der Waals surface area contributed by atoms with Gasteiger partial charge < -0.3 is 5.32 Å². The Morgan fingerprint density at radius 3 is 1.94 bits per heavy atom. The lowest BCUT2D eigenvalue weighted by molar-refractivity contribution is -0.123. The van der Waals surface area contributed by atoms with Gasteiger partial charge in [0.2, 0.25) is 15.9 Å². The molecule has 0 atom stereocenters. The molecule has 1 heterocycles. The lowest BCUT2D eigenvalue weighted by atomic mass is 9.72. The van der Waals surface area contributed by atoms with Crippen LogP contribution >= 0.6 is 0 Å². The Kier molecular flexibility index (Phi) is 6.44. The van der Waals surface area contributed by atoms with Crippen molar-refractivity contribution in [2.24, 2.45) is 0 Å². The zero-order valence-corrected chi connectivity index (χ0v) is 19.0. The Labute approximate surface area is 190 Å². The average molecular weight is 449 g/mol. The number of carbonyl (C=O) groups excluding carboxylic acids is 1. The number of carbonyl (C=O) groups is 1. The summed E-state index contributed by atoms with van der Waals surface area (Å²) >= 11 is 0. The number of hydrogen-bond donors (Lipinski definition) is 1. The van der Waals surface area contributed by atoms with Crippen LogP contribution in [0.3, 0.4) is 0 Å². The van der Waals surface area contributed by atoms with Gasteiger partial charge in [0, 0.05) is 18.8 Å². The molecule has 5 nitrogen and oxygen atoms in total. The highest BCUT2D eigenvalue weighted by atomic mass is 32.2. The Morgan fingerprint density at radius 1 is 0.844 bits per heavy atom. The molecule has 0 unspecified atom stereocenters. The second kappa shape index (κ2) is 9.27. The van der Waals surface area contributed by atoms with Gasteiger partial charge in [-0.25, -0.2) is 12.7 Å². The van der Waals surface area contributed by atoms with Gasteiger partial charge in [0.05, 0.1) is 11.2 Å². The number of hydrogen-bond acceptors (Lipinski definition) is 3. The van der Waals surface area contributed by atoms with Gasteiger partial charge in [-0.05, 0) is 48.6 Å². The van der Waals surface area contributed by atoms with Crippen LogP contribution in [0.25, 0.3) is 11.1 Å². The van der Waals surface area contributed by atoms with E-state index in [9.17, 15) is 13.2 Å². The molecule has 32 heavy (non-hydrogen) atoms. The van der Waals surface area contributed by atoms with Crippen molar-refractivity contribution in [3.8, 4) is 11.1 Å². The largest absolute Gasteiger partial charge is 0.325 e. The maximum Gasteiger partial charge on any atom is 0.235 e. The summed E-state index contributed by atoms with van der Waals surface area (Å²) in [4.78, 5) is 13.6. The van der Waals surface area contributed by atoms with Crippen molar-refractivity contribution in [3.05, 3.63) is 90.5 Å².